The number of aromatic carboxylic acids is 1. The van der Waals surface area contributed by atoms with E-state index in [0.29, 0.717) is 0 Å². The van der Waals surface area contributed by atoms with E-state index in [1.165, 1.54) is 30.3 Å². The van der Waals surface area contributed by atoms with Crippen molar-refractivity contribution in [3.05, 3.63) is 62.4 Å². The van der Waals surface area contributed by atoms with E-state index in [4.69, 9.17) is 10.8 Å². The maximum Gasteiger partial charge on any atom is 0.341 e. The molecule has 0 fully saturated rings. The number of carboxylic acids is 1. The van der Waals surface area contributed by atoms with Crippen LogP contribution < -0.4 is 11.3 Å². The van der Waals surface area contributed by atoms with Crippen LogP contribution in [0, 0.1) is 10.1 Å². The lowest BCUT2D eigenvalue weighted by Crippen LogP contribution is -2.32. The molecule has 2 rings (SSSR count). The normalized spacial score (nSPS) is 10.3. The third-order valence-corrected chi connectivity index (χ3v) is 3.07. The summed E-state index contributed by atoms with van der Waals surface area (Å²) in [6.45, 7) is -0.544. The zero-order valence-electron chi connectivity index (χ0n) is 11.6. The van der Waals surface area contributed by atoms with Crippen LogP contribution in [0.4, 0.5) is 5.69 Å². The van der Waals surface area contributed by atoms with Crippen LogP contribution in [0.25, 0.3) is 11.3 Å². The summed E-state index contributed by atoms with van der Waals surface area (Å²) >= 11 is 0. The second-order valence-corrected chi connectivity index (χ2v) is 4.60. The summed E-state index contributed by atoms with van der Waals surface area (Å²) in [5.41, 5.74) is 3.88. The van der Waals surface area contributed by atoms with Gasteiger partial charge in [-0.25, -0.2) is 4.79 Å². The van der Waals surface area contributed by atoms with E-state index < -0.39 is 34.5 Å². The van der Waals surface area contributed by atoms with Gasteiger partial charge in [0.05, 0.1) is 10.6 Å². The third-order valence-electron chi connectivity index (χ3n) is 3.07. The molecule has 9 nitrogen and oxygen atoms in total. The molecule has 0 bridgehead atoms. The molecule has 0 saturated heterocycles. The van der Waals surface area contributed by atoms with Crippen molar-refractivity contribution in [2.75, 3.05) is 0 Å². The molecule has 0 spiro atoms. The van der Waals surface area contributed by atoms with E-state index in [2.05, 4.69) is 0 Å². The fraction of sp³-hybridized carbons (Fsp3) is 0.0714. The van der Waals surface area contributed by atoms with Crippen LogP contribution >= 0.6 is 0 Å². The van der Waals surface area contributed by atoms with Gasteiger partial charge in [0.2, 0.25) is 5.91 Å². The molecule has 1 heterocycles. The van der Waals surface area contributed by atoms with E-state index in [-0.39, 0.29) is 16.9 Å². The van der Waals surface area contributed by atoms with Crippen molar-refractivity contribution >= 4 is 17.6 Å². The standard InChI is InChI=1S/C14H11N3O6/c15-12(18)7-16-11(5-4-10(13(16)19)14(20)21)8-2-1-3-9(6-8)17(22)23/h1-6H,7H2,(H2,15,18)(H,20,21). The summed E-state index contributed by atoms with van der Waals surface area (Å²) in [7, 11) is 0. The number of aromatic nitrogens is 1. The molecule has 0 aliphatic rings. The van der Waals surface area contributed by atoms with E-state index in [1.807, 2.05) is 0 Å². The smallest absolute Gasteiger partial charge is 0.341 e. The number of nitrogens with two attached hydrogens (primary N) is 1. The average Bonchev–Trinajstić information content (AvgIpc) is 2.48. The van der Waals surface area contributed by atoms with Gasteiger partial charge in [-0.3, -0.25) is 24.3 Å². The van der Waals surface area contributed by atoms with Crippen molar-refractivity contribution in [3.63, 3.8) is 0 Å². The number of primary amides is 1. The highest BCUT2D eigenvalue weighted by molar-refractivity contribution is 5.88. The Morgan fingerprint density at radius 2 is 1.96 bits per heavy atom. The molecule has 0 aliphatic heterocycles. The molecule has 2 aromatic rings. The first-order valence-corrected chi connectivity index (χ1v) is 6.31. The number of hydrogen-bond donors (Lipinski definition) is 2. The van der Waals surface area contributed by atoms with E-state index in [9.17, 15) is 24.5 Å². The summed E-state index contributed by atoms with van der Waals surface area (Å²) in [4.78, 5) is 44.6. The van der Waals surface area contributed by atoms with Gasteiger partial charge in [0, 0.05) is 17.7 Å². The van der Waals surface area contributed by atoms with Crippen molar-refractivity contribution in [1.29, 1.82) is 0 Å². The van der Waals surface area contributed by atoms with Gasteiger partial charge in [-0.1, -0.05) is 12.1 Å². The molecular formula is C14H11N3O6. The number of carbonyl (C=O) groups excluding carboxylic acids is 1. The quantitative estimate of drug-likeness (QED) is 0.610. The zero-order valence-corrected chi connectivity index (χ0v) is 11.6. The lowest BCUT2D eigenvalue weighted by Gasteiger charge is -2.12. The minimum atomic E-state index is -1.45. The highest BCUT2D eigenvalue weighted by atomic mass is 16.6. The summed E-state index contributed by atoms with van der Waals surface area (Å²) in [5, 5.41) is 19.8. The van der Waals surface area contributed by atoms with Crippen molar-refractivity contribution < 1.29 is 19.6 Å². The van der Waals surface area contributed by atoms with Gasteiger partial charge in [-0.2, -0.15) is 0 Å². The number of hydrogen-bond acceptors (Lipinski definition) is 5. The summed E-state index contributed by atoms with van der Waals surface area (Å²) in [6, 6.07) is 7.78. The molecule has 0 unspecified atom stereocenters. The van der Waals surface area contributed by atoms with Gasteiger partial charge in [0.1, 0.15) is 12.1 Å². The first kappa shape index (κ1) is 15.9. The predicted octanol–water partition coefficient (Wildman–Crippen LogP) is 0.607. The van der Waals surface area contributed by atoms with Crippen LogP contribution in [0.15, 0.2) is 41.2 Å². The summed E-state index contributed by atoms with van der Waals surface area (Å²) in [6.07, 6.45) is 0. The van der Waals surface area contributed by atoms with Gasteiger partial charge in [0.25, 0.3) is 11.2 Å². The average molecular weight is 317 g/mol. The van der Waals surface area contributed by atoms with Gasteiger partial charge in [-0.15, -0.1) is 0 Å². The highest BCUT2D eigenvalue weighted by Crippen LogP contribution is 2.23. The Morgan fingerprint density at radius 1 is 1.26 bits per heavy atom. The largest absolute Gasteiger partial charge is 0.477 e. The third kappa shape index (κ3) is 3.23. The number of nitro benzene ring substituents is 1. The molecule has 1 aromatic heterocycles. The van der Waals surface area contributed by atoms with Gasteiger partial charge < -0.3 is 10.8 Å². The van der Waals surface area contributed by atoms with Crippen LogP contribution in [-0.2, 0) is 11.3 Å². The first-order valence-electron chi connectivity index (χ1n) is 6.31. The first-order chi connectivity index (χ1) is 10.8. The molecule has 9 heteroatoms. The fourth-order valence-electron chi connectivity index (χ4n) is 2.08. The molecule has 3 N–H and O–H groups in total. The van der Waals surface area contributed by atoms with Gasteiger partial charge in [0.15, 0.2) is 0 Å². The number of carbonyl (C=O) groups is 2. The Labute approximate surface area is 128 Å². The number of carboxylic acid groups (broad SMARTS) is 1. The molecular weight excluding hydrogens is 306 g/mol. The molecule has 1 aromatic carbocycles. The van der Waals surface area contributed by atoms with E-state index in [0.717, 1.165) is 10.6 Å². The lowest BCUT2D eigenvalue weighted by molar-refractivity contribution is -0.384. The summed E-state index contributed by atoms with van der Waals surface area (Å²) in [5.74, 6) is -2.29. The van der Waals surface area contributed by atoms with Crippen LogP contribution in [0.1, 0.15) is 10.4 Å². The summed E-state index contributed by atoms with van der Waals surface area (Å²) < 4.78 is 0.880. The zero-order chi connectivity index (χ0) is 17.1. The van der Waals surface area contributed by atoms with E-state index >= 15 is 0 Å². The molecule has 0 radical (unpaired) electrons. The topological polar surface area (TPSA) is 146 Å². The Hall–Kier alpha value is -3.49. The molecule has 23 heavy (non-hydrogen) atoms. The number of nitrogens with zero attached hydrogens (tertiary/aromatic N) is 2. The molecule has 1 amide bonds. The van der Waals surface area contributed by atoms with Crippen molar-refractivity contribution in [3.8, 4) is 11.3 Å². The van der Waals surface area contributed by atoms with Crippen LogP contribution in [0.5, 0.6) is 0 Å². The second kappa shape index (κ2) is 6.10. The Balaban J connectivity index is 2.71. The number of amides is 1. The predicted molar refractivity (Wildman–Crippen MR) is 78.9 cm³/mol. The fourth-order valence-corrected chi connectivity index (χ4v) is 2.08. The molecule has 0 saturated carbocycles. The second-order valence-electron chi connectivity index (χ2n) is 4.60. The van der Waals surface area contributed by atoms with Gasteiger partial charge in [-0.05, 0) is 12.1 Å². The number of rotatable bonds is 5. The van der Waals surface area contributed by atoms with Crippen molar-refractivity contribution in [2.45, 2.75) is 6.54 Å². The molecule has 118 valence electrons. The van der Waals surface area contributed by atoms with Gasteiger partial charge >= 0.3 is 5.97 Å². The monoisotopic (exact) mass is 317 g/mol. The SMILES string of the molecule is NC(=O)Cn1c(-c2cccc([N+](=O)[O-])c2)ccc(C(=O)O)c1=O. The maximum absolute atomic E-state index is 12.2. The minimum Gasteiger partial charge on any atom is -0.477 e. The number of non-ortho nitro benzene ring substituents is 1. The van der Waals surface area contributed by atoms with Crippen molar-refractivity contribution in [1.82, 2.24) is 4.57 Å². The Morgan fingerprint density at radius 3 is 2.52 bits per heavy atom. The minimum absolute atomic E-state index is 0.155. The van der Waals surface area contributed by atoms with Crippen molar-refractivity contribution in [2.24, 2.45) is 5.73 Å². The number of pyridine rings is 1. The lowest BCUT2D eigenvalue weighted by atomic mass is 10.1. The number of nitro groups is 1. The van der Waals surface area contributed by atoms with Crippen LogP contribution in [0.2, 0.25) is 0 Å². The molecule has 0 aliphatic carbocycles. The Kier molecular flexibility index (Phi) is 4.21. The highest BCUT2D eigenvalue weighted by Gasteiger charge is 2.17. The number of benzene rings is 1. The Bertz CT molecular complexity index is 871. The van der Waals surface area contributed by atoms with Crippen LogP contribution in [-0.4, -0.2) is 26.5 Å². The molecule has 0 atom stereocenters. The van der Waals surface area contributed by atoms with E-state index in [1.54, 1.807) is 0 Å². The maximum atomic E-state index is 12.2. The van der Waals surface area contributed by atoms with Crippen LogP contribution in [0.3, 0.4) is 0 Å².